The van der Waals surface area contributed by atoms with Crippen molar-refractivity contribution in [2.75, 3.05) is 37.3 Å². The Morgan fingerprint density at radius 1 is 1.17 bits per heavy atom. The third kappa shape index (κ3) is 3.52. The van der Waals surface area contributed by atoms with Gasteiger partial charge in [0.05, 0.1) is 11.4 Å². The van der Waals surface area contributed by atoms with Crippen LogP contribution in [-0.4, -0.2) is 43.2 Å². The van der Waals surface area contributed by atoms with Crippen molar-refractivity contribution in [2.45, 2.75) is 5.75 Å². The van der Waals surface area contributed by atoms with Crippen LogP contribution in [0.15, 0.2) is 40.8 Å². The molecular formula is C17H19FN2O2S. The first-order valence-corrected chi connectivity index (χ1v) is 8.95. The molecule has 0 saturated carbocycles. The van der Waals surface area contributed by atoms with Gasteiger partial charge in [0, 0.05) is 26.2 Å². The quantitative estimate of drug-likeness (QED) is 0.860. The average Bonchev–Trinajstić information content (AvgIpc) is 3.04. The highest BCUT2D eigenvalue weighted by molar-refractivity contribution is 7.97. The number of carbonyl (C=O) groups excluding carboxylic acids is 1. The molecular weight excluding hydrogens is 315 g/mol. The predicted molar refractivity (Wildman–Crippen MR) is 90.4 cm³/mol. The Hall–Kier alpha value is -1.95. The van der Waals surface area contributed by atoms with E-state index < -0.39 is 0 Å². The van der Waals surface area contributed by atoms with Crippen molar-refractivity contribution in [1.82, 2.24) is 4.90 Å². The first-order valence-electron chi connectivity index (χ1n) is 7.55. The van der Waals surface area contributed by atoms with E-state index in [4.69, 9.17) is 4.42 Å². The maximum absolute atomic E-state index is 13.8. The van der Waals surface area contributed by atoms with Crippen LogP contribution in [0.3, 0.4) is 0 Å². The summed E-state index contributed by atoms with van der Waals surface area (Å²) in [5.74, 6) is 1.64. The second-order valence-corrected chi connectivity index (χ2v) is 6.30. The van der Waals surface area contributed by atoms with Gasteiger partial charge in [-0.2, -0.15) is 11.8 Å². The van der Waals surface area contributed by atoms with Gasteiger partial charge in [-0.05, 0) is 30.5 Å². The topological polar surface area (TPSA) is 36.7 Å². The number of hydrogen-bond donors (Lipinski definition) is 0. The van der Waals surface area contributed by atoms with Crippen LogP contribution in [0.5, 0.6) is 0 Å². The Bertz CT molecular complexity index is 681. The van der Waals surface area contributed by atoms with Gasteiger partial charge in [0.1, 0.15) is 11.6 Å². The summed E-state index contributed by atoms with van der Waals surface area (Å²) in [6.45, 7) is 2.35. The zero-order valence-electron chi connectivity index (χ0n) is 13.0. The van der Waals surface area contributed by atoms with Crippen LogP contribution < -0.4 is 4.90 Å². The third-order valence-electron chi connectivity index (χ3n) is 3.92. The summed E-state index contributed by atoms with van der Waals surface area (Å²) in [5.41, 5.74) is 0.597. The molecule has 0 bridgehead atoms. The first kappa shape index (κ1) is 15.9. The molecule has 0 aliphatic carbocycles. The fraction of sp³-hybridized carbons (Fsp3) is 0.353. The Labute approximate surface area is 139 Å². The number of amides is 1. The summed E-state index contributed by atoms with van der Waals surface area (Å²) in [5, 5.41) is 0. The molecule has 1 aliphatic heterocycles. The van der Waals surface area contributed by atoms with E-state index in [1.807, 2.05) is 23.3 Å². The van der Waals surface area contributed by atoms with Crippen LogP contribution >= 0.6 is 11.8 Å². The molecule has 6 heteroatoms. The van der Waals surface area contributed by atoms with Crippen LogP contribution in [0.2, 0.25) is 0 Å². The van der Waals surface area contributed by atoms with Crippen LogP contribution in [0.25, 0.3) is 0 Å². The van der Waals surface area contributed by atoms with Gasteiger partial charge in [0.15, 0.2) is 5.76 Å². The molecule has 1 aliphatic rings. The molecule has 2 aromatic rings. The van der Waals surface area contributed by atoms with E-state index in [0.29, 0.717) is 37.6 Å². The van der Waals surface area contributed by atoms with Crippen LogP contribution in [0.4, 0.5) is 10.1 Å². The average molecular weight is 334 g/mol. The highest BCUT2D eigenvalue weighted by Crippen LogP contribution is 2.21. The minimum atomic E-state index is -0.222. The lowest BCUT2D eigenvalue weighted by molar-refractivity contribution is 0.0713. The molecule has 1 amide bonds. The number of nitrogens with zero attached hydrogens (tertiary/aromatic N) is 2. The molecule has 3 rings (SSSR count). The van der Waals surface area contributed by atoms with E-state index in [1.165, 1.54) is 6.07 Å². The summed E-state index contributed by atoms with van der Waals surface area (Å²) in [6.07, 6.45) is 1.99. The molecule has 122 valence electrons. The number of thioether (sulfide) groups is 1. The Morgan fingerprint density at radius 3 is 2.61 bits per heavy atom. The van der Waals surface area contributed by atoms with E-state index in [0.717, 1.165) is 11.5 Å². The SMILES string of the molecule is CSCc1ccc(C(=O)N2CCN(c3ccccc3F)CC2)o1. The first-order chi connectivity index (χ1) is 11.2. The van der Waals surface area contributed by atoms with Crippen molar-refractivity contribution >= 4 is 23.4 Å². The van der Waals surface area contributed by atoms with Gasteiger partial charge in [-0.15, -0.1) is 0 Å². The summed E-state index contributed by atoms with van der Waals surface area (Å²) >= 11 is 1.65. The summed E-state index contributed by atoms with van der Waals surface area (Å²) in [6, 6.07) is 10.3. The van der Waals surface area contributed by atoms with Gasteiger partial charge in [0.25, 0.3) is 5.91 Å². The lowest BCUT2D eigenvalue weighted by Crippen LogP contribution is -2.49. The highest BCUT2D eigenvalue weighted by atomic mass is 32.2. The highest BCUT2D eigenvalue weighted by Gasteiger charge is 2.25. The Kier molecular flexibility index (Phi) is 4.91. The number of carbonyl (C=O) groups is 1. The minimum Gasteiger partial charge on any atom is -0.455 e. The van der Waals surface area contributed by atoms with Crippen LogP contribution in [-0.2, 0) is 5.75 Å². The van der Waals surface area contributed by atoms with Gasteiger partial charge in [-0.1, -0.05) is 12.1 Å². The van der Waals surface area contributed by atoms with Crippen LogP contribution in [0.1, 0.15) is 16.3 Å². The minimum absolute atomic E-state index is 0.0921. The van der Waals surface area contributed by atoms with Gasteiger partial charge < -0.3 is 14.2 Å². The third-order valence-corrected chi connectivity index (χ3v) is 4.49. The molecule has 0 N–H and O–H groups in total. The Morgan fingerprint density at radius 2 is 1.91 bits per heavy atom. The fourth-order valence-electron chi connectivity index (χ4n) is 2.73. The number of halogens is 1. The molecule has 0 spiro atoms. The normalized spacial score (nSPS) is 15.0. The smallest absolute Gasteiger partial charge is 0.289 e. The second kappa shape index (κ2) is 7.08. The van der Waals surface area contributed by atoms with E-state index in [-0.39, 0.29) is 11.7 Å². The van der Waals surface area contributed by atoms with Crippen molar-refractivity contribution in [3.8, 4) is 0 Å². The molecule has 1 aromatic carbocycles. The van der Waals surface area contributed by atoms with Crippen molar-refractivity contribution in [1.29, 1.82) is 0 Å². The number of hydrogen-bond acceptors (Lipinski definition) is 4. The molecule has 1 fully saturated rings. The number of furan rings is 1. The molecule has 0 radical (unpaired) electrons. The van der Waals surface area contributed by atoms with E-state index in [1.54, 1.807) is 34.9 Å². The predicted octanol–water partition coefficient (Wildman–Crippen LogP) is 3.24. The van der Waals surface area contributed by atoms with E-state index >= 15 is 0 Å². The van der Waals surface area contributed by atoms with Crippen molar-refractivity contribution in [3.05, 3.63) is 53.7 Å². The van der Waals surface area contributed by atoms with Gasteiger partial charge in [-0.25, -0.2) is 4.39 Å². The maximum Gasteiger partial charge on any atom is 0.289 e. The molecule has 1 aromatic heterocycles. The zero-order chi connectivity index (χ0) is 16.2. The van der Waals surface area contributed by atoms with Crippen molar-refractivity contribution in [2.24, 2.45) is 0 Å². The molecule has 1 saturated heterocycles. The Balaban J connectivity index is 1.62. The van der Waals surface area contributed by atoms with Gasteiger partial charge in [-0.3, -0.25) is 4.79 Å². The number of anilines is 1. The molecule has 2 heterocycles. The number of benzene rings is 1. The summed E-state index contributed by atoms with van der Waals surface area (Å²) in [4.78, 5) is 16.2. The number of rotatable bonds is 4. The van der Waals surface area contributed by atoms with Gasteiger partial charge >= 0.3 is 0 Å². The molecule has 4 nitrogen and oxygen atoms in total. The monoisotopic (exact) mass is 334 g/mol. The lowest BCUT2D eigenvalue weighted by Gasteiger charge is -2.35. The zero-order valence-corrected chi connectivity index (χ0v) is 13.8. The summed E-state index contributed by atoms with van der Waals surface area (Å²) in [7, 11) is 0. The second-order valence-electron chi connectivity index (χ2n) is 5.43. The van der Waals surface area contributed by atoms with E-state index in [2.05, 4.69) is 0 Å². The van der Waals surface area contributed by atoms with Crippen molar-refractivity contribution in [3.63, 3.8) is 0 Å². The van der Waals surface area contributed by atoms with E-state index in [9.17, 15) is 9.18 Å². The van der Waals surface area contributed by atoms with Crippen molar-refractivity contribution < 1.29 is 13.6 Å². The molecule has 0 atom stereocenters. The standard InChI is InChI=1S/C17H19FN2O2S/c1-23-12-13-6-7-16(22-13)17(21)20-10-8-19(9-11-20)15-5-3-2-4-14(15)18/h2-7H,8-12H2,1H3. The summed E-state index contributed by atoms with van der Waals surface area (Å²) < 4.78 is 19.4. The number of piperazine rings is 1. The largest absolute Gasteiger partial charge is 0.455 e. The molecule has 23 heavy (non-hydrogen) atoms. The lowest BCUT2D eigenvalue weighted by atomic mass is 10.2. The van der Waals surface area contributed by atoms with Gasteiger partial charge in [0.2, 0.25) is 0 Å². The maximum atomic E-state index is 13.8. The van der Waals surface area contributed by atoms with Crippen LogP contribution in [0, 0.1) is 5.82 Å². The fourth-order valence-corrected chi connectivity index (χ4v) is 3.17. The number of para-hydroxylation sites is 1. The molecule has 0 unspecified atom stereocenters.